The lowest BCUT2D eigenvalue weighted by Crippen LogP contribution is -2.13. The molecule has 98 valence electrons. The lowest BCUT2D eigenvalue weighted by atomic mass is 9.77. The van der Waals surface area contributed by atoms with E-state index in [1.807, 2.05) is 6.07 Å². The fraction of sp³-hybridized carbons (Fsp3) is 0.533. The molecule has 1 aromatic carbocycles. The number of carbonyl (C=O) groups is 1. The highest BCUT2D eigenvalue weighted by atomic mass is 35.5. The van der Waals surface area contributed by atoms with Gasteiger partial charge < -0.3 is 4.79 Å². The number of carbonyl (C=O) groups excluding carboxylic acids is 1. The molecule has 1 aliphatic carbocycles. The summed E-state index contributed by atoms with van der Waals surface area (Å²) in [5, 5.41) is 0.193. The Morgan fingerprint density at radius 1 is 1.28 bits per heavy atom. The molecule has 18 heavy (non-hydrogen) atoms. The molecule has 0 bridgehead atoms. The second kappa shape index (κ2) is 6.33. The fourth-order valence-corrected chi connectivity index (χ4v) is 2.97. The monoisotopic (exact) mass is 268 g/mol. The zero-order valence-corrected chi connectivity index (χ0v) is 11.1. The van der Waals surface area contributed by atoms with Gasteiger partial charge >= 0.3 is 0 Å². The Balaban J connectivity index is 1.92. The number of benzene rings is 1. The standard InChI is InChI=1S/C15H18ClFO/c16-14-8-7-13(10-15(14)17)12-5-3-11(4-6-12)2-1-9-18/h7-12H,1-6H2. The zero-order chi connectivity index (χ0) is 13.0. The van der Waals surface area contributed by atoms with Crippen molar-refractivity contribution in [3.8, 4) is 0 Å². The van der Waals surface area contributed by atoms with Crippen LogP contribution in [-0.2, 0) is 4.79 Å². The van der Waals surface area contributed by atoms with E-state index in [0.717, 1.165) is 44.0 Å². The molecule has 1 fully saturated rings. The maximum absolute atomic E-state index is 13.4. The first-order valence-corrected chi connectivity index (χ1v) is 6.97. The van der Waals surface area contributed by atoms with Gasteiger partial charge in [0, 0.05) is 6.42 Å². The van der Waals surface area contributed by atoms with Gasteiger partial charge in [-0.15, -0.1) is 0 Å². The maximum atomic E-state index is 13.4. The summed E-state index contributed by atoms with van der Waals surface area (Å²) in [6.07, 6.45) is 7.14. The van der Waals surface area contributed by atoms with E-state index in [-0.39, 0.29) is 10.8 Å². The molecule has 0 aliphatic heterocycles. The molecule has 2 rings (SSSR count). The van der Waals surface area contributed by atoms with Crippen molar-refractivity contribution < 1.29 is 9.18 Å². The molecular weight excluding hydrogens is 251 g/mol. The van der Waals surface area contributed by atoms with Crippen LogP contribution < -0.4 is 0 Å². The lowest BCUT2D eigenvalue weighted by molar-refractivity contribution is -0.108. The van der Waals surface area contributed by atoms with Gasteiger partial charge in [-0.25, -0.2) is 4.39 Å². The highest BCUT2D eigenvalue weighted by molar-refractivity contribution is 6.30. The first-order chi connectivity index (χ1) is 8.70. The topological polar surface area (TPSA) is 17.1 Å². The number of halogens is 2. The van der Waals surface area contributed by atoms with Crippen LogP contribution >= 0.6 is 11.6 Å². The van der Waals surface area contributed by atoms with E-state index in [9.17, 15) is 9.18 Å². The largest absolute Gasteiger partial charge is 0.303 e. The molecule has 0 amide bonds. The van der Waals surface area contributed by atoms with Crippen molar-refractivity contribution in [3.63, 3.8) is 0 Å². The lowest BCUT2D eigenvalue weighted by Gasteiger charge is -2.28. The Hall–Kier alpha value is -0.890. The zero-order valence-electron chi connectivity index (χ0n) is 10.4. The molecule has 0 heterocycles. The number of hydrogen-bond donors (Lipinski definition) is 0. The van der Waals surface area contributed by atoms with Crippen LogP contribution in [-0.4, -0.2) is 6.29 Å². The van der Waals surface area contributed by atoms with Crippen LogP contribution in [0.1, 0.15) is 50.0 Å². The molecule has 1 nitrogen and oxygen atoms in total. The van der Waals surface area contributed by atoms with E-state index in [2.05, 4.69) is 0 Å². The van der Waals surface area contributed by atoms with Crippen LogP contribution in [0, 0.1) is 11.7 Å². The summed E-state index contributed by atoms with van der Waals surface area (Å²) in [5.74, 6) is 0.796. The molecule has 0 atom stereocenters. The molecule has 1 saturated carbocycles. The minimum absolute atomic E-state index is 0.193. The van der Waals surface area contributed by atoms with Gasteiger partial charge in [0.15, 0.2) is 0 Å². The van der Waals surface area contributed by atoms with E-state index in [1.54, 1.807) is 12.1 Å². The van der Waals surface area contributed by atoms with E-state index in [4.69, 9.17) is 11.6 Å². The highest BCUT2D eigenvalue weighted by Gasteiger charge is 2.22. The van der Waals surface area contributed by atoms with Gasteiger partial charge in [0.25, 0.3) is 0 Å². The second-order valence-corrected chi connectivity index (χ2v) is 5.54. The Labute approximate surface area is 112 Å². The number of hydrogen-bond acceptors (Lipinski definition) is 1. The summed E-state index contributed by atoms with van der Waals surface area (Å²) in [6.45, 7) is 0. The molecule has 3 heteroatoms. The summed E-state index contributed by atoms with van der Waals surface area (Å²) >= 11 is 5.69. The van der Waals surface area contributed by atoms with Crippen molar-refractivity contribution in [1.82, 2.24) is 0 Å². The maximum Gasteiger partial charge on any atom is 0.142 e. The third-order valence-corrected chi connectivity index (χ3v) is 4.26. The molecular formula is C15H18ClFO. The number of rotatable bonds is 4. The Kier molecular flexibility index (Phi) is 4.76. The molecule has 0 radical (unpaired) electrons. The molecule has 1 aliphatic rings. The van der Waals surface area contributed by atoms with Crippen LogP contribution in [0.5, 0.6) is 0 Å². The van der Waals surface area contributed by atoms with E-state index >= 15 is 0 Å². The quantitative estimate of drug-likeness (QED) is 0.722. The molecule has 0 aromatic heterocycles. The van der Waals surface area contributed by atoms with Crippen LogP contribution in [0.2, 0.25) is 5.02 Å². The van der Waals surface area contributed by atoms with Crippen LogP contribution in [0.3, 0.4) is 0 Å². The fourth-order valence-electron chi connectivity index (χ4n) is 2.85. The summed E-state index contributed by atoms with van der Waals surface area (Å²) in [6, 6.07) is 5.14. The SMILES string of the molecule is O=CCCC1CCC(c2ccc(Cl)c(F)c2)CC1. The van der Waals surface area contributed by atoms with Gasteiger partial charge in [-0.3, -0.25) is 0 Å². The number of aldehydes is 1. The highest BCUT2D eigenvalue weighted by Crippen LogP contribution is 2.38. The molecule has 0 saturated heterocycles. The van der Waals surface area contributed by atoms with Crippen LogP contribution in [0.25, 0.3) is 0 Å². The van der Waals surface area contributed by atoms with Crippen molar-refractivity contribution in [1.29, 1.82) is 0 Å². The summed E-state index contributed by atoms with van der Waals surface area (Å²) < 4.78 is 13.4. The van der Waals surface area contributed by atoms with Gasteiger partial charge in [0.1, 0.15) is 12.1 Å². The van der Waals surface area contributed by atoms with Crippen LogP contribution in [0.4, 0.5) is 4.39 Å². The van der Waals surface area contributed by atoms with Gasteiger partial charge in [-0.2, -0.15) is 0 Å². The summed E-state index contributed by atoms with van der Waals surface area (Å²) in [7, 11) is 0. The van der Waals surface area contributed by atoms with Crippen molar-refractivity contribution in [3.05, 3.63) is 34.6 Å². The Bertz CT molecular complexity index is 411. The van der Waals surface area contributed by atoms with Gasteiger partial charge in [0.2, 0.25) is 0 Å². The average Bonchev–Trinajstić information content (AvgIpc) is 2.40. The third-order valence-electron chi connectivity index (χ3n) is 3.95. The smallest absolute Gasteiger partial charge is 0.142 e. The predicted molar refractivity (Wildman–Crippen MR) is 71.4 cm³/mol. The molecule has 0 N–H and O–H groups in total. The van der Waals surface area contributed by atoms with Crippen molar-refractivity contribution >= 4 is 17.9 Å². The minimum Gasteiger partial charge on any atom is -0.303 e. The van der Waals surface area contributed by atoms with Crippen molar-refractivity contribution in [2.75, 3.05) is 0 Å². The first kappa shape index (κ1) is 13.5. The Morgan fingerprint density at radius 3 is 2.61 bits per heavy atom. The van der Waals surface area contributed by atoms with Crippen molar-refractivity contribution in [2.45, 2.75) is 44.4 Å². The van der Waals surface area contributed by atoms with Gasteiger partial charge in [-0.05, 0) is 61.6 Å². The van der Waals surface area contributed by atoms with Gasteiger partial charge in [-0.1, -0.05) is 17.7 Å². The van der Waals surface area contributed by atoms with Crippen molar-refractivity contribution in [2.24, 2.45) is 5.92 Å². The summed E-state index contributed by atoms with van der Waals surface area (Å²) in [4.78, 5) is 10.3. The Morgan fingerprint density at radius 2 is 2.00 bits per heavy atom. The van der Waals surface area contributed by atoms with E-state index in [0.29, 0.717) is 18.3 Å². The first-order valence-electron chi connectivity index (χ1n) is 6.59. The third kappa shape index (κ3) is 3.32. The average molecular weight is 269 g/mol. The minimum atomic E-state index is -0.322. The predicted octanol–water partition coefficient (Wildman–Crippen LogP) is 4.73. The molecule has 1 aromatic rings. The van der Waals surface area contributed by atoms with E-state index in [1.165, 1.54) is 0 Å². The van der Waals surface area contributed by atoms with Gasteiger partial charge in [0.05, 0.1) is 5.02 Å². The van der Waals surface area contributed by atoms with E-state index < -0.39 is 0 Å². The normalized spacial score (nSPS) is 23.9. The van der Waals surface area contributed by atoms with Crippen LogP contribution in [0.15, 0.2) is 18.2 Å². The molecule has 0 spiro atoms. The summed E-state index contributed by atoms with van der Waals surface area (Å²) in [5.41, 5.74) is 1.06. The second-order valence-electron chi connectivity index (χ2n) is 5.14. The molecule has 0 unspecified atom stereocenters.